The molecule has 0 aliphatic rings. The van der Waals surface area contributed by atoms with Crippen LogP contribution in [-0.2, 0) is 0 Å². The van der Waals surface area contributed by atoms with Gasteiger partial charge in [0.05, 0.1) is 6.04 Å². The maximum atomic E-state index is 5.87. The summed E-state index contributed by atoms with van der Waals surface area (Å²) in [7, 11) is 0. The van der Waals surface area contributed by atoms with Crippen LogP contribution in [0.25, 0.3) is 0 Å². The summed E-state index contributed by atoms with van der Waals surface area (Å²) >= 11 is 0. The Kier molecular flexibility index (Phi) is 3.19. The molecule has 1 aromatic rings. The molecule has 1 rings (SSSR count). The number of nitrogens with two attached hydrogens (primary N) is 3. The highest BCUT2D eigenvalue weighted by Crippen LogP contribution is 2.15. The highest BCUT2D eigenvalue weighted by atomic mass is 15.1. The van der Waals surface area contributed by atoms with Gasteiger partial charge in [0.25, 0.3) is 0 Å². The standard InChI is InChI=1S/C8H16N6/c1-4(2)3-5(9)6-12-7(10)14-8(11)13-6/h4-5H,3,9H2,1-2H3,(H4,10,11,12,13,14). The Morgan fingerprint density at radius 1 is 1.07 bits per heavy atom. The van der Waals surface area contributed by atoms with Gasteiger partial charge in [0.1, 0.15) is 0 Å². The molecule has 0 saturated heterocycles. The fourth-order valence-electron chi connectivity index (χ4n) is 1.21. The van der Waals surface area contributed by atoms with Crippen molar-refractivity contribution in [1.82, 2.24) is 15.0 Å². The lowest BCUT2D eigenvalue weighted by Crippen LogP contribution is -2.18. The van der Waals surface area contributed by atoms with Crippen LogP contribution in [0.5, 0.6) is 0 Å². The lowest BCUT2D eigenvalue weighted by atomic mass is 10.0. The van der Waals surface area contributed by atoms with Gasteiger partial charge in [0.2, 0.25) is 11.9 Å². The van der Waals surface area contributed by atoms with Crippen molar-refractivity contribution in [3.63, 3.8) is 0 Å². The molecule has 1 atom stereocenters. The van der Waals surface area contributed by atoms with Crippen molar-refractivity contribution in [2.75, 3.05) is 11.5 Å². The molecule has 1 unspecified atom stereocenters. The van der Waals surface area contributed by atoms with E-state index in [2.05, 4.69) is 28.8 Å². The fourth-order valence-corrected chi connectivity index (χ4v) is 1.21. The minimum atomic E-state index is -0.234. The average Bonchev–Trinajstić information content (AvgIpc) is 2.00. The Balaban J connectivity index is 2.84. The zero-order chi connectivity index (χ0) is 10.7. The maximum absolute atomic E-state index is 5.87. The minimum Gasteiger partial charge on any atom is -0.368 e. The van der Waals surface area contributed by atoms with E-state index < -0.39 is 0 Å². The number of nitrogen functional groups attached to an aromatic ring is 2. The number of anilines is 2. The molecule has 0 fully saturated rings. The quantitative estimate of drug-likeness (QED) is 0.630. The predicted molar refractivity (Wildman–Crippen MR) is 55.0 cm³/mol. The fraction of sp³-hybridized carbons (Fsp3) is 0.625. The second kappa shape index (κ2) is 4.19. The number of aromatic nitrogens is 3. The van der Waals surface area contributed by atoms with Crippen LogP contribution in [0.3, 0.4) is 0 Å². The summed E-state index contributed by atoms with van der Waals surface area (Å²) in [5.74, 6) is 1.17. The molecule has 1 aromatic heterocycles. The number of nitrogens with zero attached hydrogens (tertiary/aromatic N) is 3. The highest BCUT2D eigenvalue weighted by Gasteiger charge is 2.12. The molecule has 0 aliphatic carbocycles. The monoisotopic (exact) mass is 196 g/mol. The molecule has 0 aliphatic heterocycles. The van der Waals surface area contributed by atoms with E-state index in [9.17, 15) is 0 Å². The molecule has 0 aromatic carbocycles. The van der Waals surface area contributed by atoms with Gasteiger partial charge in [-0.2, -0.15) is 15.0 Å². The third-order valence-electron chi connectivity index (χ3n) is 1.74. The van der Waals surface area contributed by atoms with Crippen molar-refractivity contribution >= 4 is 11.9 Å². The first-order chi connectivity index (χ1) is 6.49. The lowest BCUT2D eigenvalue weighted by molar-refractivity contribution is 0.493. The van der Waals surface area contributed by atoms with Crippen molar-refractivity contribution in [3.05, 3.63) is 5.82 Å². The first-order valence-corrected chi connectivity index (χ1v) is 4.51. The van der Waals surface area contributed by atoms with E-state index in [0.717, 1.165) is 6.42 Å². The molecule has 0 bridgehead atoms. The topological polar surface area (TPSA) is 117 Å². The summed E-state index contributed by atoms with van der Waals surface area (Å²) < 4.78 is 0. The molecular weight excluding hydrogens is 180 g/mol. The van der Waals surface area contributed by atoms with Crippen molar-refractivity contribution < 1.29 is 0 Å². The first-order valence-electron chi connectivity index (χ1n) is 4.51. The Bertz CT molecular complexity index is 290. The molecule has 0 amide bonds. The van der Waals surface area contributed by atoms with Crippen molar-refractivity contribution in [3.8, 4) is 0 Å². The van der Waals surface area contributed by atoms with Crippen molar-refractivity contribution in [2.45, 2.75) is 26.3 Å². The van der Waals surface area contributed by atoms with Gasteiger partial charge in [-0.25, -0.2) is 0 Å². The Labute approximate surface area is 82.9 Å². The van der Waals surface area contributed by atoms with E-state index in [1.807, 2.05) is 0 Å². The smallest absolute Gasteiger partial charge is 0.225 e. The van der Waals surface area contributed by atoms with E-state index in [-0.39, 0.29) is 17.9 Å². The maximum Gasteiger partial charge on any atom is 0.225 e. The van der Waals surface area contributed by atoms with Crippen LogP contribution in [-0.4, -0.2) is 15.0 Å². The zero-order valence-corrected chi connectivity index (χ0v) is 8.44. The van der Waals surface area contributed by atoms with Gasteiger partial charge < -0.3 is 17.2 Å². The minimum absolute atomic E-state index is 0.117. The van der Waals surface area contributed by atoms with Crippen LogP contribution in [0.2, 0.25) is 0 Å². The second-order valence-electron chi connectivity index (χ2n) is 3.65. The molecule has 0 radical (unpaired) electrons. The Hall–Kier alpha value is -1.43. The lowest BCUT2D eigenvalue weighted by Gasteiger charge is -2.12. The average molecular weight is 196 g/mol. The van der Waals surface area contributed by atoms with Crippen LogP contribution < -0.4 is 17.2 Å². The van der Waals surface area contributed by atoms with Gasteiger partial charge in [0, 0.05) is 0 Å². The molecule has 1 heterocycles. The molecule has 6 nitrogen and oxygen atoms in total. The van der Waals surface area contributed by atoms with Gasteiger partial charge in [0.15, 0.2) is 5.82 Å². The van der Waals surface area contributed by atoms with Crippen LogP contribution in [0.15, 0.2) is 0 Å². The van der Waals surface area contributed by atoms with Crippen molar-refractivity contribution in [1.29, 1.82) is 0 Å². The van der Waals surface area contributed by atoms with Gasteiger partial charge in [-0.15, -0.1) is 0 Å². The van der Waals surface area contributed by atoms with Crippen molar-refractivity contribution in [2.24, 2.45) is 11.7 Å². The van der Waals surface area contributed by atoms with Crippen LogP contribution in [0, 0.1) is 5.92 Å². The van der Waals surface area contributed by atoms with E-state index in [1.165, 1.54) is 0 Å². The number of hydrogen-bond donors (Lipinski definition) is 3. The molecule has 0 spiro atoms. The molecular formula is C8H16N6. The summed E-state index contributed by atoms with van der Waals surface area (Å²) in [6.45, 7) is 4.15. The Morgan fingerprint density at radius 3 is 2.00 bits per heavy atom. The van der Waals surface area contributed by atoms with Gasteiger partial charge >= 0.3 is 0 Å². The van der Waals surface area contributed by atoms with E-state index >= 15 is 0 Å². The van der Waals surface area contributed by atoms with Crippen LogP contribution in [0.4, 0.5) is 11.9 Å². The number of hydrogen-bond acceptors (Lipinski definition) is 6. The molecule has 0 saturated carbocycles. The zero-order valence-electron chi connectivity index (χ0n) is 8.44. The summed E-state index contributed by atoms with van der Waals surface area (Å²) in [5, 5.41) is 0. The molecule has 6 heteroatoms. The summed E-state index contributed by atoms with van der Waals surface area (Å²) in [5.41, 5.74) is 16.7. The summed E-state index contributed by atoms with van der Waals surface area (Å²) in [6, 6.07) is -0.234. The third kappa shape index (κ3) is 2.81. The van der Waals surface area contributed by atoms with Crippen LogP contribution in [0.1, 0.15) is 32.1 Å². The largest absolute Gasteiger partial charge is 0.368 e. The molecule has 6 N–H and O–H groups in total. The predicted octanol–water partition coefficient (Wildman–Crippen LogP) is 0.0819. The van der Waals surface area contributed by atoms with Gasteiger partial charge in [-0.1, -0.05) is 13.8 Å². The van der Waals surface area contributed by atoms with E-state index in [1.54, 1.807) is 0 Å². The van der Waals surface area contributed by atoms with Gasteiger partial charge in [-0.3, -0.25) is 0 Å². The molecule has 14 heavy (non-hydrogen) atoms. The first kappa shape index (κ1) is 10.6. The Morgan fingerprint density at radius 2 is 1.57 bits per heavy atom. The second-order valence-corrected chi connectivity index (χ2v) is 3.65. The van der Waals surface area contributed by atoms with E-state index in [0.29, 0.717) is 11.7 Å². The highest BCUT2D eigenvalue weighted by molar-refractivity contribution is 5.26. The van der Waals surface area contributed by atoms with E-state index in [4.69, 9.17) is 17.2 Å². The third-order valence-corrected chi connectivity index (χ3v) is 1.74. The van der Waals surface area contributed by atoms with Crippen LogP contribution >= 0.6 is 0 Å². The normalized spacial score (nSPS) is 13.1. The number of rotatable bonds is 3. The summed E-state index contributed by atoms with van der Waals surface area (Å²) in [6.07, 6.45) is 0.795. The summed E-state index contributed by atoms with van der Waals surface area (Å²) in [4.78, 5) is 11.5. The van der Waals surface area contributed by atoms with Gasteiger partial charge in [-0.05, 0) is 12.3 Å². The molecule has 78 valence electrons. The SMILES string of the molecule is CC(C)CC(N)c1nc(N)nc(N)n1.